The fourth-order valence-corrected chi connectivity index (χ4v) is 5.59. The lowest BCUT2D eigenvalue weighted by atomic mass is 10.1. The minimum absolute atomic E-state index is 0.0756. The van der Waals surface area contributed by atoms with E-state index in [4.69, 9.17) is 14.5 Å². The summed E-state index contributed by atoms with van der Waals surface area (Å²) in [5, 5.41) is 1.15. The van der Waals surface area contributed by atoms with E-state index in [9.17, 15) is 9.59 Å². The molecule has 1 aliphatic heterocycles. The van der Waals surface area contributed by atoms with Crippen LogP contribution in [0.1, 0.15) is 10.4 Å². The van der Waals surface area contributed by atoms with Crippen LogP contribution in [0.5, 0.6) is 5.75 Å². The average Bonchev–Trinajstić information content (AvgIpc) is 3.09. The van der Waals surface area contributed by atoms with Gasteiger partial charge in [-0.25, -0.2) is 4.98 Å². The second kappa shape index (κ2) is 8.17. The molecule has 152 valence electrons. The monoisotopic (exact) mass is 431 g/mol. The molecule has 0 radical (unpaired) electrons. The molecule has 0 unspecified atom stereocenters. The standard InChI is InChI=1S/C20H21N3O4S2/c1-22-8-7-14-15(10-22)29-18-17(14)19(25)23(12-5-4-6-13(9-12)26-2)20(21-18)28-11-16(24)27-3/h4-6,9H,7-8,10-11H2,1-3H3. The van der Waals surface area contributed by atoms with Gasteiger partial charge in [0.25, 0.3) is 5.56 Å². The van der Waals surface area contributed by atoms with Crippen LogP contribution < -0.4 is 10.3 Å². The Bertz CT molecular complexity index is 1140. The quantitative estimate of drug-likeness (QED) is 0.349. The highest BCUT2D eigenvalue weighted by atomic mass is 32.2. The molecule has 3 aromatic rings. The summed E-state index contributed by atoms with van der Waals surface area (Å²) in [6.45, 7) is 1.73. The Balaban J connectivity index is 1.93. The zero-order valence-corrected chi connectivity index (χ0v) is 18.1. The first-order valence-corrected chi connectivity index (χ1v) is 10.9. The van der Waals surface area contributed by atoms with Crippen LogP contribution in [0, 0.1) is 0 Å². The summed E-state index contributed by atoms with van der Waals surface area (Å²) in [7, 11) is 5.01. The molecule has 0 spiro atoms. The second-order valence-corrected chi connectivity index (χ2v) is 8.80. The Morgan fingerprint density at radius 2 is 2.17 bits per heavy atom. The van der Waals surface area contributed by atoms with Gasteiger partial charge in [0.1, 0.15) is 10.6 Å². The van der Waals surface area contributed by atoms with E-state index in [1.807, 2.05) is 18.2 Å². The van der Waals surface area contributed by atoms with Crippen molar-refractivity contribution in [1.82, 2.24) is 14.5 Å². The molecule has 2 aromatic heterocycles. The Labute approximate surface area is 176 Å². The molecule has 0 fully saturated rings. The van der Waals surface area contributed by atoms with Crippen LogP contribution in [0.3, 0.4) is 0 Å². The third kappa shape index (κ3) is 3.77. The highest BCUT2D eigenvalue weighted by Gasteiger charge is 2.24. The number of hydrogen-bond donors (Lipinski definition) is 0. The SMILES string of the molecule is COC(=O)CSc1nc2sc3c(c2c(=O)n1-c1cccc(OC)c1)CCN(C)C3. The van der Waals surface area contributed by atoms with Crippen LogP contribution in [-0.4, -0.2) is 54.0 Å². The summed E-state index contributed by atoms with van der Waals surface area (Å²) >= 11 is 2.76. The Kier molecular flexibility index (Phi) is 5.62. The summed E-state index contributed by atoms with van der Waals surface area (Å²) in [6.07, 6.45) is 0.829. The maximum atomic E-state index is 13.6. The minimum Gasteiger partial charge on any atom is -0.497 e. The van der Waals surface area contributed by atoms with Crippen LogP contribution in [-0.2, 0) is 22.5 Å². The lowest BCUT2D eigenvalue weighted by Gasteiger charge is -2.21. The van der Waals surface area contributed by atoms with Gasteiger partial charge in [-0.15, -0.1) is 11.3 Å². The molecular formula is C20H21N3O4S2. The van der Waals surface area contributed by atoms with Gasteiger partial charge in [0.15, 0.2) is 5.16 Å². The van der Waals surface area contributed by atoms with E-state index in [-0.39, 0.29) is 17.3 Å². The maximum absolute atomic E-state index is 13.6. The number of likely N-dealkylation sites (N-methyl/N-ethyl adjacent to an activating group) is 1. The molecule has 1 aromatic carbocycles. The van der Waals surface area contributed by atoms with E-state index in [0.717, 1.165) is 29.9 Å². The molecule has 0 bridgehead atoms. The van der Waals surface area contributed by atoms with Crippen molar-refractivity contribution in [2.45, 2.75) is 18.1 Å². The normalized spacial score (nSPS) is 14.0. The van der Waals surface area contributed by atoms with Crippen molar-refractivity contribution in [2.24, 2.45) is 0 Å². The molecule has 0 atom stereocenters. The summed E-state index contributed by atoms with van der Waals surface area (Å²) < 4.78 is 11.7. The molecule has 0 saturated carbocycles. The number of aromatic nitrogens is 2. The molecule has 0 saturated heterocycles. The molecule has 1 aliphatic rings. The van der Waals surface area contributed by atoms with Gasteiger partial charge in [-0.1, -0.05) is 17.8 Å². The maximum Gasteiger partial charge on any atom is 0.316 e. The summed E-state index contributed by atoms with van der Waals surface area (Å²) in [6, 6.07) is 7.29. The van der Waals surface area contributed by atoms with Crippen molar-refractivity contribution < 1.29 is 14.3 Å². The van der Waals surface area contributed by atoms with Gasteiger partial charge in [0.05, 0.1) is 31.0 Å². The van der Waals surface area contributed by atoms with Gasteiger partial charge in [0.2, 0.25) is 0 Å². The predicted molar refractivity (Wildman–Crippen MR) is 115 cm³/mol. The topological polar surface area (TPSA) is 73.7 Å². The van der Waals surface area contributed by atoms with Gasteiger partial charge < -0.3 is 14.4 Å². The molecule has 4 rings (SSSR count). The van der Waals surface area contributed by atoms with Crippen molar-refractivity contribution in [3.8, 4) is 11.4 Å². The number of hydrogen-bond acceptors (Lipinski definition) is 8. The van der Waals surface area contributed by atoms with Crippen LogP contribution in [0.15, 0.2) is 34.2 Å². The van der Waals surface area contributed by atoms with Crippen molar-refractivity contribution in [1.29, 1.82) is 0 Å². The van der Waals surface area contributed by atoms with Crippen molar-refractivity contribution >= 4 is 39.3 Å². The van der Waals surface area contributed by atoms with Gasteiger partial charge >= 0.3 is 5.97 Å². The minimum atomic E-state index is -0.367. The Morgan fingerprint density at radius 1 is 1.34 bits per heavy atom. The number of nitrogens with zero attached hydrogens (tertiary/aromatic N) is 3. The van der Waals surface area contributed by atoms with Gasteiger partial charge in [-0.3, -0.25) is 14.2 Å². The summed E-state index contributed by atoms with van der Waals surface area (Å²) in [4.78, 5) is 34.3. The van der Waals surface area contributed by atoms with E-state index in [0.29, 0.717) is 22.0 Å². The molecule has 9 heteroatoms. The van der Waals surface area contributed by atoms with E-state index < -0.39 is 0 Å². The number of carbonyl (C=O) groups is 1. The van der Waals surface area contributed by atoms with E-state index in [1.54, 1.807) is 29.1 Å². The first kappa shape index (κ1) is 19.9. The van der Waals surface area contributed by atoms with Crippen molar-refractivity contribution in [3.63, 3.8) is 0 Å². The number of esters is 1. The Hall–Kier alpha value is -2.36. The molecule has 0 aliphatic carbocycles. The first-order chi connectivity index (χ1) is 14.0. The smallest absolute Gasteiger partial charge is 0.316 e. The fourth-order valence-electron chi connectivity index (χ4n) is 3.41. The molecule has 29 heavy (non-hydrogen) atoms. The molecule has 7 nitrogen and oxygen atoms in total. The van der Waals surface area contributed by atoms with Crippen LogP contribution in [0.25, 0.3) is 15.9 Å². The highest BCUT2D eigenvalue weighted by Crippen LogP contribution is 2.34. The van der Waals surface area contributed by atoms with Crippen LogP contribution in [0.2, 0.25) is 0 Å². The van der Waals surface area contributed by atoms with Crippen LogP contribution >= 0.6 is 23.1 Å². The van der Waals surface area contributed by atoms with Gasteiger partial charge in [-0.2, -0.15) is 0 Å². The van der Waals surface area contributed by atoms with Gasteiger partial charge in [-0.05, 0) is 31.2 Å². The van der Waals surface area contributed by atoms with E-state index in [1.165, 1.54) is 23.7 Å². The third-order valence-electron chi connectivity index (χ3n) is 4.89. The van der Waals surface area contributed by atoms with Gasteiger partial charge in [0, 0.05) is 24.0 Å². The van der Waals surface area contributed by atoms with E-state index in [2.05, 4.69) is 11.9 Å². The number of carbonyl (C=O) groups excluding carboxylic acids is 1. The summed E-state index contributed by atoms with van der Waals surface area (Å²) in [5.74, 6) is 0.354. The lowest BCUT2D eigenvalue weighted by Crippen LogP contribution is -2.27. The molecule has 0 N–H and O–H groups in total. The second-order valence-electron chi connectivity index (χ2n) is 6.77. The average molecular weight is 432 g/mol. The van der Waals surface area contributed by atoms with Crippen molar-refractivity contribution in [3.05, 3.63) is 45.1 Å². The number of benzene rings is 1. The van der Waals surface area contributed by atoms with Crippen LogP contribution in [0.4, 0.5) is 0 Å². The molecule has 0 amide bonds. The zero-order valence-electron chi connectivity index (χ0n) is 16.4. The van der Waals surface area contributed by atoms with Crippen molar-refractivity contribution in [2.75, 3.05) is 33.6 Å². The molecule has 3 heterocycles. The largest absolute Gasteiger partial charge is 0.497 e. The Morgan fingerprint density at radius 3 is 2.93 bits per heavy atom. The number of methoxy groups -OCH3 is 2. The zero-order chi connectivity index (χ0) is 20.5. The fraction of sp³-hybridized carbons (Fsp3) is 0.350. The number of thiophene rings is 1. The lowest BCUT2D eigenvalue weighted by molar-refractivity contribution is -0.137. The number of rotatable bonds is 5. The number of ether oxygens (including phenoxy) is 2. The predicted octanol–water partition coefficient (Wildman–Crippen LogP) is 2.71. The number of fused-ring (bicyclic) bond motifs is 3. The third-order valence-corrected chi connectivity index (χ3v) is 6.92. The van der Waals surface area contributed by atoms with E-state index >= 15 is 0 Å². The number of thioether (sulfide) groups is 1. The first-order valence-electron chi connectivity index (χ1n) is 9.11. The molecular weight excluding hydrogens is 410 g/mol. The highest BCUT2D eigenvalue weighted by molar-refractivity contribution is 7.99. The summed E-state index contributed by atoms with van der Waals surface area (Å²) in [5.41, 5.74) is 1.64.